The van der Waals surface area contributed by atoms with Crippen LogP contribution < -0.4 is 0 Å². The van der Waals surface area contributed by atoms with E-state index in [1.165, 1.54) is 193 Å². The van der Waals surface area contributed by atoms with Gasteiger partial charge in [0.2, 0.25) is 0 Å². The third kappa shape index (κ3) is 74.2. The maximum absolute atomic E-state index is 13.1. The Morgan fingerprint density at radius 1 is 0.327 bits per heavy atom. The van der Waals surface area contributed by atoms with Crippen molar-refractivity contribution in [2.75, 3.05) is 39.6 Å². The van der Waals surface area contributed by atoms with Crippen LogP contribution in [0.2, 0.25) is 0 Å². The quantitative estimate of drug-likeness (QED) is 0.0169. The first-order chi connectivity index (χ1) is 48.8. The second kappa shape index (κ2) is 71.8. The van der Waals surface area contributed by atoms with Gasteiger partial charge in [0, 0.05) is 25.7 Å². The van der Waals surface area contributed by atoms with Crippen LogP contribution >= 0.6 is 15.6 Å². The van der Waals surface area contributed by atoms with E-state index in [1.54, 1.807) is 0 Å². The highest BCUT2D eigenvalue weighted by Crippen LogP contribution is 2.45. The molecule has 0 aromatic heterocycles. The topological polar surface area (TPSA) is 237 Å². The molecule has 3 N–H and O–H groups in total. The number of unbranched alkanes of at least 4 members (excludes halogenated alkanes) is 42. The van der Waals surface area contributed by atoms with E-state index in [9.17, 15) is 43.2 Å². The zero-order valence-electron chi connectivity index (χ0n) is 65.9. The molecule has 0 saturated heterocycles. The van der Waals surface area contributed by atoms with E-state index in [0.29, 0.717) is 31.6 Å². The summed E-state index contributed by atoms with van der Waals surface area (Å²) in [5, 5.41) is 10.6. The second-order valence-electron chi connectivity index (χ2n) is 30.0. The Bertz CT molecular complexity index is 2050. The molecule has 4 unspecified atom stereocenters. The third-order valence-electron chi connectivity index (χ3n) is 18.9. The normalized spacial score (nSPS) is 14.4. The van der Waals surface area contributed by atoms with Gasteiger partial charge in [-0.2, -0.15) is 0 Å². The lowest BCUT2D eigenvalue weighted by Gasteiger charge is -2.21. The highest BCUT2D eigenvalue weighted by molar-refractivity contribution is 7.47. The molecule has 0 aromatic carbocycles. The minimum Gasteiger partial charge on any atom is -0.462 e. The maximum Gasteiger partial charge on any atom is 0.472 e. The number of carbonyl (C=O) groups excluding carboxylic acids is 4. The van der Waals surface area contributed by atoms with Crippen LogP contribution in [0.15, 0.2) is 24.3 Å². The molecule has 0 aliphatic heterocycles. The summed E-state index contributed by atoms with van der Waals surface area (Å²) in [5.41, 5.74) is 0. The van der Waals surface area contributed by atoms with Crippen LogP contribution in [-0.2, 0) is 65.4 Å². The van der Waals surface area contributed by atoms with Crippen LogP contribution in [-0.4, -0.2) is 96.7 Å². The van der Waals surface area contributed by atoms with Gasteiger partial charge in [0.05, 0.1) is 26.4 Å². The van der Waals surface area contributed by atoms with E-state index in [4.69, 9.17) is 37.0 Å². The first-order valence-electron chi connectivity index (χ1n) is 41.7. The number of ether oxygens (including phenoxy) is 4. The fraction of sp³-hybridized carbons (Fsp3) is 0.902. The predicted octanol–water partition coefficient (Wildman–Crippen LogP) is 24.1. The summed E-state index contributed by atoms with van der Waals surface area (Å²) in [7, 11) is -9.94. The van der Waals surface area contributed by atoms with Crippen molar-refractivity contribution in [1.29, 1.82) is 0 Å². The Balaban J connectivity index is 5.26. The SMILES string of the molecule is CCCCCC/C=C\C=C/CCCCCCCC(=O)O[C@H](COC(=O)CCCCCCCCCCCCCCCCC(C)CC)COP(=O)(O)OCC(O)COP(=O)(O)OC[C@@H](COC(=O)CCCCCCCCCC(C)C)OC(=O)CCCCCCCCCCCCCCCCCC(C)C. The van der Waals surface area contributed by atoms with Crippen molar-refractivity contribution < 1.29 is 80.2 Å². The van der Waals surface area contributed by atoms with E-state index in [1.807, 2.05) is 0 Å². The number of carbonyl (C=O) groups is 4. The van der Waals surface area contributed by atoms with Crippen LogP contribution in [0.3, 0.4) is 0 Å². The van der Waals surface area contributed by atoms with Gasteiger partial charge in [-0.05, 0) is 69.1 Å². The summed E-state index contributed by atoms with van der Waals surface area (Å²) >= 11 is 0. The Labute approximate surface area is 618 Å². The van der Waals surface area contributed by atoms with E-state index >= 15 is 0 Å². The number of allylic oxidation sites excluding steroid dienone is 4. The molecular weight excluding hydrogens is 1320 g/mol. The van der Waals surface area contributed by atoms with Crippen LogP contribution in [0.1, 0.15) is 402 Å². The van der Waals surface area contributed by atoms with E-state index in [-0.39, 0.29) is 25.7 Å². The zero-order chi connectivity index (χ0) is 74.4. The molecule has 6 atom stereocenters. The molecule has 596 valence electrons. The lowest BCUT2D eigenvalue weighted by atomic mass is 9.99. The van der Waals surface area contributed by atoms with E-state index in [2.05, 4.69) is 72.8 Å². The van der Waals surface area contributed by atoms with Gasteiger partial charge >= 0.3 is 39.5 Å². The number of hydrogen-bond donors (Lipinski definition) is 3. The average molecular weight is 1480 g/mol. The van der Waals surface area contributed by atoms with Crippen molar-refractivity contribution in [3.63, 3.8) is 0 Å². The van der Waals surface area contributed by atoms with Crippen molar-refractivity contribution in [3.05, 3.63) is 24.3 Å². The van der Waals surface area contributed by atoms with Crippen LogP contribution in [0.25, 0.3) is 0 Å². The molecule has 19 heteroatoms. The minimum absolute atomic E-state index is 0.0851. The number of hydrogen-bond acceptors (Lipinski definition) is 15. The molecule has 0 aliphatic carbocycles. The standard InChI is InChI=1S/C82H156O17P2/c1-8-10-11-12-13-14-15-16-18-26-31-36-43-51-58-65-81(86)98-77(69-92-79(84)63-56-49-42-35-30-25-22-21-24-29-34-41-48-55-62-75(7)9-2)71-96-100(88,89)94-67-76(83)68-95-101(90,91)97-72-78(70-93-80(85)64-57-50-45-38-40-47-54-61-74(5)6)99-82(87)66-59-52-44-37-32-27-20-17-19-23-28-33-39-46-53-60-73(3)4/h14-16,18,73-78,83H,8-13,17,19-72H2,1-7H3,(H,88,89)(H,90,91)/b15-14-,18-16-/t75?,76?,77-,78-/m1/s1. The summed E-state index contributed by atoms with van der Waals surface area (Å²) in [4.78, 5) is 73.0. The molecule has 101 heavy (non-hydrogen) atoms. The highest BCUT2D eigenvalue weighted by Gasteiger charge is 2.30. The molecule has 0 aromatic rings. The van der Waals surface area contributed by atoms with Gasteiger partial charge in [0.15, 0.2) is 12.2 Å². The summed E-state index contributed by atoms with van der Waals surface area (Å²) in [6, 6.07) is 0. The first kappa shape index (κ1) is 98.5. The number of aliphatic hydroxyl groups excluding tert-OH is 1. The van der Waals surface area contributed by atoms with E-state index < -0.39 is 97.5 Å². The van der Waals surface area contributed by atoms with Crippen molar-refractivity contribution in [2.24, 2.45) is 17.8 Å². The fourth-order valence-corrected chi connectivity index (χ4v) is 13.7. The lowest BCUT2D eigenvalue weighted by Crippen LogP contribution is -2.30. The van der Waals surface area contributed by atoms with E-state index in [0.717, 1.165) is 121 Å². The Morgan fingerprint density at radius 3 is 0.881 bits per heavy atom. The predicted molar refractivity (Wildman–Crippen MR) is 414 cm³/mol. The van der Waals surface area contributed by atoms with Crippen molar-refractivity contribution in [2.45, 2.75) is 420 Å². The van der Waals surface area contributed by atoms with Crippen molar-refractivity contribution in [3.8, 4) is 0 Å². The van der Waals surface area contributed by atoms with Gasteiger partial charge in [-0.15, -0.1) is 0 Å². The van der Waals surface area contributed by atoms with Gasteiger partial charge in [-0.3, -0.25) is 37.3 Å². The first-order valence-corrected chi connectivity index (χ1v) is 44.7. The Hall–Kier alpha value is -2.46. The van der Waals surface area contributed by atoms with Crippen LogP contribution in [0.5, 0.6) is 0 Å². The molecule has 0 saturated carbocycles. The van der Waals surface area contributed by atoms with Gasteiger partial charge in [-0.25, -0.2) is 9.13 Å². The molecule has 0 fully saturated rings. The number of phosphoric ester groups is 2. The van der Waals surface area contributed by atoms with Gasteiger partial charge in [0.1, 0.15) is 19.3 Å². The monoisotopic (exact) mass is 1480 g/mol. The number of aliphatic hydroxyl groups is 1. The number of phosphoric acid groups is 2. The van der Waals surface area contributed by atoms with Crippen molar-refractivity contribution in [1.82, 2.24) is 0 Å². The molecule has 0 spiro atoms. The molecule has 0 heterocycles. The molecular formula is C82H156O17P2. The van der Waals surface area contributed by atoms with Crippen LogP contribution in [0.4, 0.5) is 0 Å². The highest BCUT2D eigenvalue weighted by atomic mass is 31.2. The van der Waals surface area contributed by atoms with Gasteiger partial charge in [-0.1, -0.05) is 349 Å². The molecule has 0 rings (SSSR count). The largest absolute Gasteiger partial charge is 0.472 e. The van der Waals surface area contributed by atoms with Gasteiger partial charge in [0.25, 0.3) is 0 Å². The lowest BCUT2D eigenvalue weighted by molar-refractivity contribution is -0.161. The molecule has 0 amide bonds. The molecule has 0 radical (unpaired) electrons. The molecule has 0 aliphatic rings. The number of esters is 4. The fourth-order valence-electron chi connectivity index (χ4n) is 12.1. The Morgan fingerprint density at radius 2 is 0.584 bits per heavy atom. The maximum atomic E-state index is 13.1. The van der Waals surface area contributed by atoms with Crippen LogP contribution in [0, 0.1) is 17.8 Å². The Kier molecular flexibility index (Phi) is 70.0. The summed E-state index contributed by atoms with van der Waals surface area (Å²) in [6.07, 6.45) is 63.2. The molecule has 17 nitrogen and oxygen atoms in total. The average Bonchev–Trinajstić information content (AvgIpc) is 1.07. The third-order valence-corrected chi connectivity index (χ3v) is 20.8. The second-order valence-corrected chi connectivity index (χ2v) is 32.9. The van der Waals surface area contributed by atoms with Gasteiger partial charge < -0.3 is 33.8 Å². The minimum atomic E-state index is -4.97. The summed E-state index contributed by atoms with van der Waals surface area (Å²) in [6.45, 7) is 11.9. The summed E-state index contributed by atoms with van der Waals surface area (Å²) in [5.74, 6) is 0.212. The zero-order valence-corrected chi connectivity index (χ0v) is 67.6. The summed E-state index contributed by atoms with van der Waals surface area (Å²) < 4.78 is 68.7. The number of rotatable bonds is 78. The molecule has 0 bridgehead atoms. The smallest absolute Gasteiger partial charge is 0.462 e. The van der Waals surface area contributed by atoms with Crippen molar-refractivity contribution >= 4 is 39.5 Å².